The van der Waals surface area contributed by atoms with E-state index < -0.39 is 0 Å². The van der Waals surface area contributed by atoms with Crippen molar-refractivity contribution < 1.29 is 0 Å². The van der Waals surface area contributed by atoms with Gasteiger partial charge in [0.25, 0.3) is 0 Å². The molecule has 0 aliphatic heterocycles. The molecule has 0 unspecified atom stereocenters. The van der Waals surface area contributed by atoms with Gasteiger partial charge >= 0.3 is 0 Å². The summed E-state index contributed by atoms with van der Waals surface area (Å²) in [5, 5.41) is 9.30. The number of anilines is 1. The number of fused-ring (bicyclic) bond motifs is 1. The molecule has 1 fully saturated rings. The van der Waals surface area contributed by atoms with E-state index in [0.29, 0.717) is 12.1 Å². The number of benzene rings is 2. The third-order valence-corrected chi connectivity index (χ3v) is 5.46. The van der Waals surface area contributed by atoms with E-state index in [2.05, 4.69) is 58.1 Å². The molecule has 0 amide bonds. The first-order valence-electron chi connectivity index (χ1n) is 9.36. The Hall–Kier alpha value is -1.52. The second kappa shape index (κ2) is 10.9. The van der Waals surface area contributed by atoms with Crippen LogP contribution in [0.2, 0.25) is 5.02 Å². The zero-order valence-corrected chi connectivity index (χ0v) is 18.0. The fourth-order valence-electron chi connectivity index (χ4n) is 3.77. The van der Waals surface area contributed by atoms with Gasteiger partial charge in [0.2, 0.25) is 0 Å². The fourth-order valence-corrected chi connectivity index (χ4v) is 3.93. The Balaban J connectivity index is 0.00000140. The summed E-state index contributed by atoms with van der Waals surface area (Å²) in [5.74, 6) is 0. The summed E-state index contributed by atoms with van der Waals surface area (Å²) in [5.41, 5.74) is 3.46. The zero-order valence-electron chi connectivity index (χ0n) is 15.6. The molecule has 0 saturated heterocycles. The van der Waals surface area contributed by atoms with Gasteiger partial charge in [-0.05, 0) is 55.5 Å². The van der Waals surface area contributed by atoms with Gasteiger partial charge in [-0.1, -0.05) is 41.9 Å². The van der Waals surface area contributed by atoms with Crippen LogP contribution in [0.1, 0.15) is 31.2 Å². The highest BCUT2D eigenvalue weighted by Gasteiger charge is 2.21. The molecule has 2 aromatic carbocycles. The van der Waals surface area contributed by atoms with Gasteiger partial charge in [0, 0.05) is 40.9 Å². The minimum atomic E-state index is 0. The molecular weight excluding hydrogens is 413 g/mol. The maximum atomic E-state index is 6.09. The fraction of sp³-hybridized carbons (Fsp3) is 0.318. The van der Waals surface area contributed by atoms with E-state index in [1.54, 1.807) is 0 Å². The Labute approximate surface area is 184 Å². The lowest BCUT2D eigenvalue weighted by Gasteiger charge is -2.30. The molecule has 3 aromatic rings. The van der Waals surface area contributed by atoms with E-state index in [-0.39, 0.29) is 24.8 Å². The average Bonchev–Trinajstić information content (AvgIpc) is 2.68. The summed E-state index contributed by atoms with van der Waals surface area (Å²) in [6.45, 7) is 0.958. The number of hydrogen-bond donors (Lipinski definition) is 2. The van der Waals surface area contributed by atoms with E-state index in [1.165, 1.54) is 31.2 Å². The number of rotatable bonds is 5. The molecule has 2 N–H and O–H groups in total. The Bertz CT molecular complexity index is 865. The van der Waals surface area contributed by atoms with Crippen LogP contribution >= 0.6 is 36.4 Å². The van der Waals surface area contributed by atoms with Gasteiger partial charge in [-0.2, -0.15) is 0 Å². The van der Waals surface area contributed by atoms with Crippen molar-refractivity contribution >= 4 is 53.0 Å². The first-order valence-corrected chi connectivity index (χ1v) is 9.74. The summed E-state index contributed by atoms with van der Waals surface area (Å²) < 4.78 is 0. The van der Waals surface area contributed by atoms with Gasteiger partial charge in [0.05, 0.1) is 5.52 Å². The quantitative estimate of drug-likeness (QED) is 0.494. The van der Waals surface area contributed by atoms with E-state index >= 15 is 0 Å². The number of nitrogens with zero attached hydrogens (tertiary/aromatic N) is 1. The second-order valence-corrected chi connectivity index (χ2v) is 7.52. The summed E-state index contributed by atoms with van der Waals surface area (Å²) in [4.78, 5) is 4.43. The second-order valence-electron chi connectivity index (χ2n) is 7.08. The first kappa shape index (κ1) is 22.8. The molecule has 4 rings (SSSR count). The van der Waals surface area contributed by atoms with Crippen LogP contribution in [0.25, 0.3) is 10.9 Å². The smallest absolute Gasteiger partial charge is 0.0737 e. The lowest BCUT2D eigenvalue weighted by Crippen LogP contribution is -2.36. The SMILES string of the molecule is Cl.Cl.Clc1ccc2c(NC3CCC(NCc4ccccc4)CC3)ccnc2c1. The van der Waals surface area contributed by atoms with Crippen LogP contribution in [0.4, 0.5) is 5.69 Å². The van der Waals surface area contributed by atoms with Gasteiger partial charge in [-0.15, -0.1) is 24.8 Å². The topological polar surface area (TPSA) is 37.0 Å². The third-order valence-electron chi connectivity index (χ3n) is 5.23. The minimum absolute atomic E-state index is 0. The molecular formula is C22H26Cl3N3. The predicted octanol–water partition coefficient (Wildman–Crippen LogP) is 6.24. The highest BCUT2D eigenvalue weighted by Crippen LogP contribution is 2.28. The van der Waals surface area contributed by atoms with Crippen molar-refractivity contribution in [1.82, 2.24) is 10.3 Å². The summed E-state index contributed by atoms with van der Waals surface area (Å²) in [6, 6.07) is 19.7. The molecule has 0 spiro atoms. The number of aromatic nitrogens is 1. The number of pyridine rings is 1. The monoisotopic (exact) mass is 437 g/mol. The van der Waals surface area contributed by atoms with Crippen LogP contribution in [0.5, 0.6) is 0 Å². The standard InChI is InChI=1S/C22H24ClN3.2ClH/c23-17-6-11-20-21(12-13-24-22(20)14-17)26-19-9-7-18(8-10-19)25-15-16-4-2-1-3-5-16;;/h1-6,11-14,18-19,25H,7-10,15H2,(H,24,26);2*1H. The Kier molecular flexibility index (Phi) is 8.84. The normalized spacial score (nSPS) is 18.8. The number of nitrogens with one attached hydrogen (secondary N) is 2. The van der Waals surface area contributed by atoms with E-state index in [4.69, 9.17) is 11.6 Å². The molecule has 1 saturated carbocycles. The average molecular weight is 439 g/mol. The molecule has 3 nitrogen and oxygen atoms in total. The summed E-state index contributed by atoms with van der Waals surface area (Å²) in [6.07, 6.45) is 6.64. The van der Waals surface area contributed by atoms with E-state index in [9.17, 15) is 0 Å². The van der Waals surface area contributed by atoms with Crippen molar-refractivity contribution in [3.63, 3.8) is 0 Å². The molecule has 1 heterocycles. The molecule has 0 bridgehead atoms. The summed E-state index contributed by atoms with van der Waals surface area (Å²) in [7, 11) is 0. The molecule has 28 heavy (non-hydrogen) atoms. The van der Waals surface area contributed by atoms with Crippen LogP contribution in [-0.2, 0) is 6.54 Å². The van der Waals surface area contributed by atoms with Gasteiger partial charge < -0.3 is 10.6 Å². The highest BCUT2D eigenvalue weighted by atomic mass is 35.5. The Morgan fingerprint density at radius 2 is 1.61 bits per heavy atom. The van der Waals surface area contributed by atoms with Crippen LogP contribution < -0.4 is 10.6 Å². The van der Waals surface area contributed by atoms with Gasteiger partial charge in [0.1, 0.15) is 0 Å². The van der Waals surface area contributed by atoms with Crippen LogP contribution in [0.15, 0.2) is 60.8 Å². The molecule has 0 radical (unpaired) electrons. The maximum absolute atomic E-state index is 6.09. The van der Waals surface area contributed by atoms with Crippen LogP contribution in [0.3, 0.4) is 0 Å². The summed E-state index contributed by atoms with van der Waals surface area (Å²) >= 11 is 6.09. The number of halogens is 3. The largest absolute Gasteiger partial charge is 0.382 e. The van der Waals surface area contributed by atoms with Crippen molar-refractivity contribution in [1.29, 1.82) is 0 Å². The van der Waals surface area contributed by atoms with Crippen LogP contribution in [-0.4, -0.2) is 17.1 Å². The molecule has 1 aromatic heterocycles. The van der Waals surface area contributed by atoms with Gasteiger partial charge in [0.15, 0.2) is 0 Å². The van der Waals surface area contributed by atoms with Crippen molar-refractivity contribution in [3.05, 3.63) is 71.4 Å². The molecule has 0 atom stereocenters. The van der Waals surface area contributed by atoms with Crippen molar-refractivity contribution in [2.24, 2.45) is 0 Å². The Morgan fingerprint density at radius 1 is 0.893 bits per heavy atom. The van der Waals surface area contributed by atoms with Crippen molar-refractivity contribution in [3.8, 4) is 0 Å². The predicted molar refractivity (Wildman–Crippen MR) is 124 cm³/mol. The van der Waals surface area contributed by atoms with Crippen molar-refractivity contribution in [2.45, 2.75) is 44.3 Å². The third kappa shape index (κ3) is 5.74. The van der Waals surface area contributed by atoms with Gasteiger partial charge in [-0.25, -0.2) is 0 Å². The molecule has 150 valence electrons. The highest BCUT2D eigenvalue weighted by molar-refractivity contribution is 6.31. The zero-order chi connectivity index (χ0) is 17.8. The van der Waals surface area contributed by atoms with Gasteiger partial charge in [-0.3, -0.25) is 4.98 Å². The maximum Gasteiger partial charge on any atom is 0.0737 e. The molecule has 1 aliphatic rings. The van der Waals surface area contributed by atoms with E-state index in [1.807, 2.05) is 18.3 Å². The Morgan fingerprint density at radius 3 is 2.36 bits per heavy atom. The molecule has 6 heteroatoms. The van der Waals surface area contributed by atoms with E-state index in [0.717, 1.165) is 28.2 Å². The first-order chi connectivity index (χ1) is 12.8. The lowest BCUT2D eigenvalue weighted by molar-refractivity contribution is 0.353. The molecule has 1 aliphatic carbocycles. The van der Waals surface area contributed by atoms with Crippen LogP contribution in [0, 0.1) is 0 Å². The lowest BCUT2D eigenvalue weighted by atomic mass is 9.90. The van der Waals surface area contributed by atoms with Crippen molar-refractivity contribution in [2.75, 3.05) is 5.32 Å². The number of hydrogen-bond acceptors (Lipinski definition) is 3. The minimum Gasteiger partial charge on any atom is -0.382 e.